The van der Waals surface area contributed by atoms with Gasteiger partial charge in [0, 0.05) is 12.5 Å². The quantitative estimate of drug-likeness (QED) is 0.883. The molecule has 134 valence electrons. The molecule has 25 heavy (non-hydrogen) atoms. The summed E-state index contributed by atoms with van der Waals surface area (Å²) in [5, 5.41) is 7.27. The summed E-state index contributed by atoms with van der Waals surface area (Å²) in [6, 6.07) is 6.25. The number of aromatic amines is 1. The van der Waals surface area contributed by atoms with Crippen molar-refractivity contribution in [1.82, 2.24) is 19.5 Å². The molecule has 0 amide bonds. The molecule has 1 aliphatic heterocycles. The van der Waals surface area contributed by atoms with E-state index in [1.165, 1.54) is 0 Å². The molecule has 1 saturated heterocycles. The van der Waals surface area contributed by atoms with Crippen LogP contribution >= 0.6 is 0 Å². The summed E-state index contributed by atoms with van der Waals surface area (Å²) >= 11 is 0. The number of hydrogen-bond acceptors (Lipinski definition) is 5. The summed E-state index contributed by atoms with van der Waals surface area (Å²) in [4.78, 5) is 4.87. The van der Waals surface area contributed by atoms with E-state index in [9.17, 15) is 8.42 Å². The van der Waals surface area contributed by atoms with E-state index in [4.69, 9.17) is 4.74 Å². The zero-order valence-electron chi connectivity index (χ0n) is 14.2. The van der Waals surface area contributed by atoms with Crippen LogP contribution in [0.4, 0.5) is 0 Å². The lowest BCUT2D eigenvalue weighted by molar-refractivity contribution is 0.247. The number of methoxy groups -OCH3 is 1. The van der Waals surface area contributed by atoms with Crippen LogP contribution in [-0.4, -0.2) is 41.6 Å². The predicted molar refractivity (Wildman–Crippen MR) is 91.8 cm³/mol. The molecule has 1 N–H and O–H groups in total. The van der Waals surface area contributed by atoms with E-state index >= 15 is 0 Å². The third-order valence-corrected chi connectivity index (χ3v) is 6.82. The lowest BCUT2D eigenvalue weighted by Gasteiger charge is -2.33. The summed E-state index contributed by atoms with van der Waals surface area (Å²) in [6.45, 7) is 0.499. The van der Waals surface area contributed by atoms with Gasteiger partial charge in [-0.15, -0.1) is 0 Å². The highest BCUT2D eigenvalue weighted by atomic mass is 32.2. The van der Waals surface area contributed by atoms with E-state index < -0.39 is 10.0 Å². The van der Waals surface area contributed by atoms with Crippen molar-refractivity contribution in [1.29, 1.82) is 0 Å². The zero-order chi connectivity index (χ0) is 17.4. The van der Waals surface area contributed by atoms with Gasteiger partial charge in [0.2, 0.25) is 10.0 Å². The second kappa shape index (κ2) is 6.42. The summed E-state index contributed by atoms with van der Waals surface area (Å²) in [7, 11) is -2.03. The first-order valence-electron chi connectivity index (χ1n) is 8.67. The van der Waals surface area contributed by atoms with Gasteiger partial charge in [-0.05, 0) is 49.9 Å². The van der Waals surface area contributed by atoms with Crippen LogP contribution in [0.3, 0.4) is 0 Å². The standard InChI is InChI=1S/C17H22N4O3S/c1-24-13-7-9-14(10-8-13)25(22,23)21-11-3-2-4-15(21)17-18-16(19-20-17)12-5-6-12/h7-10,12,15H,2-6,11H2,1H3,(H,18,19,20). The largest absolute Gasteiger partial charge is 0.497 e. The van der Waals surface area contributed by atoms with E-state index in [1.807, 2.05) is 0 Å². The lowest BCUT2D eigenvalue weighted by atomic mass is 10.0. The number of benzene rings is 1. The van der Waals surface area contributed by atoms with Crippen molar-refractivity contribution in [3.05, 3.63) is 35.9 Å². The molecule has 4 rings (SSSR count). The van der Waals surface area contributed by atoms with Crippen LogP contribution in [0.1, 0.15) is 55.7 Å². The van der Waals surface area contributed by atoms with Gasteiger partial charge in [-0.25, -0.2) is 13.4 Å². The van der Waals surface area contributed by atoms with Crippen molar-refractivity contribution in [2.24, 2.45) is 0 Å². The third-order valence-electron chi connectivity index (χ3n) is 4.90. The van der Waals surface area contributed by atoms with Crippen molar-refractivity contribution >= 4 is 10.0 Å². The number of piperidine rings is 1. The maximum Gasteiger partial charge on any atom is 0.243 e. The maximum atomic E-state index is 13.1. The van der Waals surface area contributed by atoms with Crippen molar-refractivity contribution < 1.29 is 13.2 Å². The number of nitrogens with zero attached hydrogens (tertiary/aromatic N) is 3. The number of aromatic nitrogens is 3. The molecule has 1 unspecified atom stereocenters. The summed E-state index contributed by atoms with van der Waals surface area (Å²) < 4.78 is 33.0. The van der Waals surface area contributed by atoms with E-state index in [2.05, 4.69) is 15.2 Å². The Morgan fingerprint density at radius 1 is 1.16 bits per heavy atom. The average molecular weight is 362 g/mol. The van der Waals surface area contributed by atoms with Crippen molar-refractivity contribution in [3.63, 3.8) is 0 Å². The molecule has 0 bridgehead atoms. The molecular formula is C17H22N4O3S. The van der Waals surface area contributed by atoms with E-state index in [1.54, 1.807) is 35.7 Å². The summed E-state index contributed by atoms with van der Waals surface area (Å²) in [6.07, 6.45) is 4.84. The number of sulfonamides is 1. The monoisotopic (exact) mass is 362 g/mol. The first kappa shape index (κ1) is 16.5. The van der Waals surface area contributed by atoms with Crippen molar-refractivity contribution in [2.45, 2.75) is 49.0 Å². The van der Waals surface area contributed by atoms with Gasteiger partial charge in [0.25, 0.3) is 0 Å². The molecule has 8 heteroatoms. The minimum atomic E-state index is -3.59. The molecule has 0 radical (unpaired) electrons. The number of rotatable bonds is 5. The van der Waals surface area contributed by atoms with E-state index in [0.29, 0.717) is 24.0 Å². The number of ether oxygens (including phenoxy) is 1. The van der Waals surface area contributed by atoms with Crippen LogP contribution in [-0.2, 0) is 10.0 Å². The molecule has 2 fully saturated rings. The Bertz CT molecular complexity index is 843. The van der Waals surface area contributed by atoms with Gasteiger partial charge in [-0.2, -0.15) is 9.40 Å². The topological polar surface area (TPSA) is 88.2 Å². The van der Waals surface area contributed by atoms with Gasteiger partial charge in [0.1, 0.15) is 11.6 Å². The fourth-order valence-corrected chi connectivity index (χ4v) is 4.97. The Labute approximate surface area is 147 Å². The first-order valence-corrected chi connectivity index (χ1v) is 10.1. The number of H-pyrrole nitrogens is 1. The van der Waals surface area contributed by atoms with Gasteiger partial charge in [0.15, 0.2) is 5.82 Å². The van der Waals surface area contributed by atoms with Crippen LogP contribution < -0.4 is 4.74 Å². The third kappa shape index (κ3) is 3.16. The smallest absolute Gasteiger partial charge is 0.243 e. The highest BCUT2D eigenvalue weighted by molar-refractivity contribution is 7.89. The van der Waals surface area contributed by atoms with Crippen LogP contribution in [0.25, 0.3) is 0 Å². The molecule has 7 nitrogen and oxygen atoms in total. The van der Waals surface area contributed by atoms with Gasteiger partial charge < -0.3 is 4.74 Å². The second-order valence-electron chi connectivity index (χ2n) is 6.66. The van der Waals surface area contributed by atoms with Gasteiger partial charge >= 0.3 is 0 Å². The molecule has 1 aromatic carbocycles. The molecule has 2 aliphatic rings. The minimum Gasteiger partial charge on any atom is -0.497 e. The van der Waals surface area contributed by atoms with E-state index in [-0.39, 0.29) is 10.9 Å². The lowest BCUT2D eigenvalue weighted by Crippen LogP contribution is -2.39. The molecule has 1 atom stereocenters. The average Bonchev–Trinajstić information content (AvgIpc) is 3.39. The molecule has 0 spiro atoms. The zero-order valence-corrected chi connectivity index (χ0v) is 15.0. The number of nitrogens with one attached hydrogen (secondary N) is 1. The minimum absolute atomic E-state index is 0.277. The Kier molecular flexibility index (Phi) is 4.24. The van der Waals surface area contributed by atoms with Crippen LogP contribution in [0.5, 0.6) is 5.75 Å². The van der Waals surface area contributed by atoms with Crippen LogP contribution in [0.2, 0.25) is 0 Å². The Balaban J connectivity index is 1.64. The molecule has 2 heterocycles. The van der Waals surface area contributed by atoms with Gasteiger partial charge in [-0.1, -0.05) is 6.42 Å². The van der Waals surface area contributed by atoms with Gasteiger partial charge in [-0.3, -0.25) is 5.10 Å². The molecule has 1 saturated carbocycles. The molecule has 2 aromatic rings. The molecular weight excluding hydrogens is 340 g/mol. The van der Waals surface area contributed by atoms with Crippen molar-refractivity contribution in [3.8, 4) is 5.75 Å². The summed E-state index contributed by atoms with van der Waals surface area (Å²) in [5.41, 5.74) is 0. The van der Waals surface area contributed by atoms with Crippen LogP contribution in [0.15, 0.2) is 29.2 Å². The first-order chi connectivity index (χ1) is 12.1. The Morgan fingerprint density at radius 2 is 1.92 bits per heavy atom. The predicted octanol–water partition coefficient (Wildman–Crippen LogP) is 2.61. The van der Waals surface area contributed by atoms with Gasteiger partial charge in [0.05, 0.1) is 18.0 Å². The maximum absolute atomic E-state index is 13.1. The van der Waals surface area contributed by atoms with Crippen LogP contribution in [0, 0.1) is 0 Å². The highest BCUT2D eigenvalue weighted by Gasteiger charge is 2.37. The highest BCUT2D eigenvalue weighted by Crippen LogP contribution is 2.39. The Hall–Kier alpha value is -1.93. The normalized spacial score (nSPS) is 22.0. The fraction of sp³-hybridized carbons (Fsp3) is 0.529. The van der Waals surface area contributed by atoms with Crippen molar-refractivity contribution in [2.75, 3.05) is 13.7 Å². The molecule has 1 aromatic heterocycles. The fourth-order valence-electron chi connectivity index (χ4n) is 3.31. The second-order valence-corrected chi connectivity index (χ2v) is 8.55. The SMILES string of the molecule is COc1ccc(S(=O)(=O)N2CCCCC2c2nc(C3CC3)n[nH]2)cc1. The van der Waals surface area contributed by atoms with E-state index in [0.717, 1.165) is 37.9 Å². The molecule has 1 aliphatic carbocycles. The number of hydrogen-bond donors (Lipinski definition) is 1. The summed E-state index contributed by atoms with van der Waals surface area (Å²) in [5.74, 6) is 2.57. The Morgan fingerprint density at radius 3 is 2.60 bits per heavy atom.